The Morgan fingerprint density at radius 3 is 2.75 bits per heavy atom. The van der Waals surface area contributed by atoms with Crippen LogP contribution in [0.25, 0.3) is 0 Å². The Kier molecular flexibility index (Phi) is 7.56. The van der Waals surface area contributed by atoms with Crippen LogP contribution in [0, 0.1) is 0 Å². The van der Waals surface area contributed by atoms with Crippen molar-refractivity contribution in [3.8, 4) is 0 Å². The van der Waals surface area contributed by atoms with E-state index in [9.17, 15) is 4.79 Å². The van der Waals surface area contributed by atoms with Crippen molar-refractivity contribution in [2.75, 3.05) is 6.54 Å². The summed E-state index contributed by atoms with van der Waals surface area (Å²) in [4.78, 5) is 11.5. The standard InChI is InChI=1S/C9H18BrNO/c1-3-5-9(12)11-7-4-6-8(2)10/h8H,3-7H2,1-2H3,(H,11,12). The Balaban J connectivity index is 3.14. The fraction of sp³-hybridized carbons (Fsp3) is 0.889. The van der Waals surface area contributed by atoms with Gasteiger partial charge in [-0.15, -0.1) is 0 Å². The Bertz CT molecular complexity index is 126. The van der Waals surface area contributed by atoms with Crippen molar-refractivity contribution in [1.82, 2.24) is 5.32 Å². The lowest BCUT2D eigenvalue weighted by molar-refractivity contribution is -0.121. The molecule has 72 valence electrons. The van der Waals surface area contributed by atoms with Gasteiger partial charge in [-0.25, -0.2) is 0 Å². The molecule has 0 aliphatic rings. The van der Waals surface area contributed by atoms with Gasteiger partial charge in [0.1, 0.15) is 0 Å². The molecule has 0 bridgehead atoms. The lowest BCUT2D eigenvalue weighted by Gasteiger charge is -2.04. The average molecular weight is 236 g/mol. The number of hydrogen-bond acceptors (Lipinski definition) is 1. The molecule has 1 amide bonds. The van der Waals surface area contributed by atoms with E-state index in [0.717, 1.165) is 25.8 Å². The van der Waals surface area contributed by atoms with Gasteiger partial charge in [-0.2, -0.15) is 0 Å². The van der Waals surface area contributed by atoms with Gasteiger partial charge in [-0.05, 0) is 19.3 Å². The normalized spacial score (nSPS) is 12.6. The molecule has 0 rings (SSSR count). The second kappa shape index (κ2) is 7.59. The summed E-state index contributed by atoms with van der Waals surface area (Å²) in [7, 11) is 0. The first kappa shape index (κ1) is 11.9. The highest BCUT2D eigenvalue weighted by atomic mass is 79.9. The van der Waals surface area contributed by atoms with E-state index in [2.05, 4.69) is 28.2 Å². The lowest BCUT2D eigenvalue weighted by Crippen LogP contribution is -2.24. The van der Waals surface area contributed by atoms with Gasteiger partial charge in [-0.1, -0.05) is 29.8 Å². The predicted molar refractivity (Wildman–Crippen MR) is 55.5 cm³/mol. The van der Waals surface area contributed by atoms with Crippen molar-refractivity contribution >= 4 is 21.8 Å². The van der Waals surface area contributed by atoms with Crippen molar-refractivity contribution < 1.29 is 4.79 Å². The first-order chi connectivity index (χ1) is 5.66. The van der Waals surface area contributed by atoms with Crippen molar-refractivity contribution in [3.63, 3.8) is 0 Å². The minimum atomic E-state index is 0.180. The molecule has 0 aromatic heterocycles. The van der Waals surface area contributed by atoms with Gasteiger partial charge in [0, 0.05) is 17.8 Å². The fourth-order valence-electron chi connectivity index (χ4n) is 0.927. The van der Waals surface area contributed by atoms with Crippen LogP contribution in [0.4, 0.5) is 0 Å². The van der Waals surface area contributed by atoms with Gasteiger partial charge in [0.2, 0.25) is 5.91 Å². The average Bonchev–Trinajstić information content (AvgIpc) is 1.98. The number of carbonyl (C=O) groups excluding carboxylic acids is 1. The minimum absolute atomic E-state index is 0.180. The maximum Gasteiger partial charge on any atom is 0.219 e. The Morgan fingerprint density at radius 1 is 1.58 bits per heavy atom. The predicted octanol–water partition coefficient (Wildman–Crippen LogP) is 2.47. The van der Waals surface area contributed by atoms with Crippen molar-refractivity contribution in [1.29, 1.82) is 0 Å². The van der Waals surface area contributed by atoms with E-state index in [1.165, 1.54) is 0 Å². The quantitative estimate of drug-likeness (QED) is 0.557. The third kappa shape index (κ3) is 8.05. The number of halogens is 1. The van der Waals surface area contributed by atoms with Crippen LogP contribution < -0.4 is 5.32 Å². The van der Waals surface area contributed by atoms with E-state index in [4.69, 9.17) is 0 Å². The number of rotatable bonds is 6. The van der Waals surface area contributed by atoms with Crippen LogP contribution >= 0.6 is 15.9 Å². The second-order valence-corrected chi connectivity index (χ2v) is 4.59. The number of alkyl halides is 1. The highest BCUT2D eigenvalue weighted by Gasteiger charge is 1.98. The summed E-state index contributed by atoms with van der Waals surface area (Å²) >= 11 is 3.46. The van der Waals surface area contributed by atoms with E-state index in [-0.39, 0.29) is 5.91 Å². The topological polar surface area (TPSA) is 29.1 Å². The molecule has 1 unspecified atom stereocenters. The van der Waals surface area contributed by atoms with Crippen LogP contribution in [-0.2, 0) is 4.79 Å². The summed E-state index contributed by atoms with van der Waals surface area (Å²) in [5.41, 5.74) is 0. The molecule has 0 aliphatic carbocycles. The molecule has 0 aliphatic heterocycles. The first-order valence-electron chi connectivity index (χ1n) is 4.57. The largest absolute Gasteiger partial charge is 0.356 e. The van der Waals surface area contributed by atoms with Crippen molar-refractivity contribution in [2.24, 2.45) is 0 Å². The SMILES string of the molecule is CCCC(=O)NCCCC(C)Br. The van der Waals surface area contributed by atoms with Crippen LogP contribution in [0.5, 0.6) is 0 Å². The third-order valence-electron chi connectivity index (χ3n) is 1.58. The van der Waals surface area contributed by atoms with Crippen LogP contribution in [0.3, 0.4) is 0 Å². The van der Waals surface area contributed by atoms with E-state index in [1.54, 1.807) is 0 Å². The third-order valence-corrected chi connectivity index (χ3v) is 2.04. The molecule has 1 atom stereocenters. The molecule has 2 nitrogen and oxygen atoms in total. The molecule has 0 radical (unpaired) electrons. The molecule has 0 spiro atoms. The summed E-state index contributed by atoms with van der Waals surface area (Å²) in [6, 6.07) is 0. The van der Waals surface area contributed by atoms with Crippen molar-refractivity contribution in [2.45, 2.75) is 44.4 Å². The first-order valence-corrected chi connectivity index (χ1v) is 5.49. The Labute approximate surface area is 83.2 Å². The summed E-state index contributed by atoms with van der Waals surface area (Å²) in [6.07, 6.45) is 3.76. The molecular weight excluding hydrogens is 218 g/mol. The molecule has 3 heteroatoms. The highest BCUT2D eigenvalue weighted by Crippen LogP contribution is 2.04. The molecule has 0 fully saturated rings. The molecule has 0 aromatic carbocycles. The van der Waals surface area contributed by atoms with Gasteiger partial charge in [0.15, 0.2) is 0 Å². The van der Waals surface area contributed by atoms with Gasteiger partial charge < -0.3 is 5.32 Å². The Morgan fingerprint density at radius 2 is 2.25 bits per heavy atom. The zero-order valence-corrected chi connectivity index (χ0v) is 9.49. The maximum atomic E-state index is 11.0. The monoisotopic (exact) mass is 235 g/mol. The molecule has 1 N–H and O–H groups in total. The van der Waals surface area contributed by atoms with E-state index >= 15 is 0 Å². The number of hydrogen-bond donors (Lipinski definition) is 1. The van der Waals surface area contributed by atoms with Gasteiger partial charge >= 0.3 is 0 Å². The van der Waals surface area contributed by atoms with E-state index in [1.807, 2.05) is 6.92 Å². The molecule has 0 aromatic rings. The van der Waals surface area contributed by atoms with Gasteiger partial charge in [0.25, 0.3) is 0 Å². The van der Waals surface area contributed by atoms with Crippen LogP contribution in [0.15, 0.2) is 0 Å². The number of carbonyl (C=O) groups is 1. The molecule has 12 heavy (non-hydrogen) atoms. The minimum Gasteiger partial charge on any atom is -0.356 e. The lowest BCUT2D eigenvalue weighted by atomic mass is 10.2. The summed E-state index contributed by atoms with van der Waals surface area (Å²) in [6.45, 7) is 4.95. The molecule has 0 heterocycles. The zero-order valence-electron chi connectivity index (χ0n) is 7.90. The summed E-state index contributed by atoms with van der Waals surface area (Å²) in [5, 5.41) is 2.88. The molecular formula is C9H18BrNO. The van der Waals surface area contributed by atoms with Gasteiger partial charge in [-0.3, -0.25) is 4.79 Å². The second-order valence-electron chi connectivity index (χ2n) is 3.02. The Hall–Kier alpha value is -0.0500. The van der Waals surface area contributed by atoms with E-state index < -0.39 is 0 Å². The van der Waals surface area contributed by atoms with Crippen LogP contribution in [0.1, 0.15) is 39.5 Å². The summed E-state index contributed by atoms with van der Waals surface area (Å²) in [5.74, 6) is 0.180. The van der Waals surface area contributed by atoms with Crippen LogP contribution in [-0.4, -0.2) is 17.3 Å². The van der Waals surface area contributed by atoms with Crippen LogP contribution in [0.2, 0.25) is 0 Å². The number of amides is 1. The van der Waals surface area contributed by atoms with E-state index in [0.29, 0.717) is 11.2 Å². The summed E-state index contributed by atoms with van der Waals surface area (Å²) < 4.78 is 0. The zero-order chi connectivity index (χ0) is 9.40. The van der Waals surface area contributed by atoms with Gasteiger partial charge in [0.05, 0.1) is 0 Å². The maximum absolute atomic E-state index is 11.0. The fourth-order valence-corrected chi connectivity index (χ4v) is 1.25. The highest BCUT2D eigenvalue weighted by molar-refractivity contribution is 9.09. The number of nitrogens with one attached hydrogen (secondary N) is 1. The molecule has 0 saturated carbocycles. The molecule has 0 saturated heterocycles. The smallest absolute Gasteiger partial charge is 0.219 e. The van der Waals surface area contributed by atoms with Crippen molar-refractivity contribution in [3.05, 3.63) is 0 Å².